The average Bonchev–Trinajstić information content (AvgIpc) is 4.08. The lowest BCUT2D eigenvalue weighted by atomic mass is 9.86. The van der Waals surface area contributed by atoms with E-state index in [-0.39, 0.29) is 11.8 Å². The molecule has 4 aromatic heterocycles. The summed E-state index contributed by atoms with van der Waals surface area (Å²) in [7, 11) is 6.83. The topological polar surface area (TPSA) is 36.9 Å². The highest BCUT2D eigenvalue weighted by molar-refractivity contribution is 7.18. The smallest absolute Gasteiger partial charge is 0.118 e. The third-order valence-corrected chi connectivity index (χ3v) is 14.4. The highest BCUT2D eigenvalue weighted by Gasteiger charge is 2.33. The van der Waals surface area contributed by atoms with E-state index in [0.717, 1.165) is 23.0 Å². The predicted molar refractivity (Wildman–Crippen MR) is 229 cm³/mol. The van der Waals surface area contributed by atoms with Gasteiger partial charge >= 0.3 is 0 Å². The van der Waals surface area contributed by atoms with E-state index >= 15 is 0 Å². The molecule has 0 bridgehead atoms. The lowest BCUT2D eigenvalue weighted by molar-refractivity contribution is 0.415. The van der Waals surface area contributed by atoms with Gasteiger partial charge in [-0.1, -0.05) is 0 Å². The molecule has 4 aromatic carbocycles. The molecule has 8 rings (SSSR count). The number of hydrogen-bond acceptors (Lipinski definition) is 8. The van der Waals surface area contributed by atoms with Crippen molar-refractivity contribution in [3.63, 3.8) is 0 Å². The summed E-state index contributed by atoms with van der Waals surface area (Å²) in [6, 6.07) is 51.9. The van der Waals surface area contributed by atoms with Gasteiger partial charge in [-0.15, -0.1) is 45.3 Å². The first-order valence-electron chi connectivity index (χ1n) is 17.5. The fourth-order valence-electron chi connectivity index (χ4n) is 6.66. The minimum absolute atomic E-state index is 0.0729. The molecule has 54 heavy (non-hydrogen) atoms. The summed E-state index contributed by atoms with van der Waals surface area (Å²) >= 11 is 7.50. The number of ether oxygens (including phenoxy) is 4. The Labute approximate surface area is 332 Å². The number of hydrogen-bond donors (Lipinski definition) is 0. The summed E-state index contributed by atoms with van der Waals surface area (Å²) in [5.41, 5.74) is 4.73. The Kier molecular flexibility index (Phi) is 10.7. The van der Waals surface area contributed by atoms with Gasteiger partial charge in [0.2, 0.25) is 0 Å². The van der Waals surface area contributed by atoms with E-state index in [2.05, 4.69) is 97.1 Å². The Morgan fingerprint density at radius 2 is 0.481 bits per heavy atom. The zero-order valence-electron chi connectivity index (χ0n) is 30.3. The summed E-state index contributed by atoms with van der Waals surface area (Å²) in [4.78, 5) is 10.2. The third-order valence-electron chi connectivity index (χ3n) is 9.56. The first-order chi connectivity index (χ1) is 26.5. The zero-order valence-corrected chi connectivity index (χ0v) is 33.5. The Hall–Kier alpha value is -5.12. The molecule has 0 unspecified atom stereocenters. The van der Waals surface area contributed by atoms with Crippen LogP contribution in [-0.2, 0) is 0 Å². The predicted octanol–water partition coefficient (Wildman–Crippen LogP) is 13.6. The van der Waals surface area contributed by atoms with Crippen molar-refractivity contribution < 1.29 is 18.9 Å². The van der Waals surface area contributed by atoms with E-state index in [1.807, 2.05) is 93.9 Å². The standard InChI is InChI=1S/C46H38O4S4/c1-47-33-13-5-29(6-14-33)37-21-25-41(51-37)45(42-26-22-38(52-42)30-7-15-34(48-2)16-8-30)46(43-27-23-39(53-43)31-9-17-35(49-3)18-10-31)44-28-24-40(54-44)32-11-19-36(50-4)20-12-32/h5-28,45-46H,1-4H3. The molecular formula is C46H38O4S4. The van der Waals surface area contributed by atoms with Crippen molar-refractivity contribution in [2.45, 2.75) is 11.8 Å². The molecule has 4 nitrogen and oxygen atoms in total. The third kappa shape index (κ3) is 7.48. The Morgan fingerprint density at radius 1 is 0.278 bits per heavy atom. The second-order valence-electron chi connectivity index (χ2n) is 12.7. The van der Waals surface area contributed by atoms with E-state index in [4.69, 9.17) is 18.9 Å². The lowest BCUT2D eigenvalue weighted by Crippen LogP contribution is -2.10. The van der Waals surface area contributed by atoms with Crippen molar-refractivity contribution in [2.24, 2.45) is 0 Å². The molecule has 0 N–H and O–H groups in total. The van der Waals surface area contributed by atoms with Crippen molar-refractivity contribution in [3.05, 3.63) is 165 Å². The van der Waals surface area contributed by atoms with Crippen LogP contribution in [0.5, 0.6) is 23.0 Å². The maximum Gasteiger partial charge on any atom is 0.118 e. The molecule has 270 valence electrons. The fourth-order valence-corrected chi connectivity index (χ4v) is 11.5. The van der Waals surface area contributed by atoms with E-state index in [9.17, 15) is 0 Å². The molecule has 0 atom stereocenters. The van der Waals surface area contributed by atoms with E-state index < -0.39 is 0 Å². The van der Waals surface area contributed by atoms with Gasteiger partial charge in [0, 0.05) is 50.9 Å². The van der Waals surface area contributed by atoms with Crippen LogP contribution in [-0.4, -0.2) is 28.4 Å². The van der Waals surface area contributed by atoms with Crippen LogP contribution in [0.25, 0.3) is 41.8 Å². The van der Waals surface area contributed by atoms with Gasteiger partial charge in [-0.05, 0) is 168 Å². The van der Waals surface area contributed by atoms with Crippen LogP contribution in [0.2, 0.25) is 0 Å². The molecule has 4 heterocycles. The molecule has 0 saturated carbocycles. The van der Waals surface area contributed by atoms with Crippen LogP contribution in [0.1, 0.15) is 31.3 Å². The fraction of sp³-hybridized carbons (Fsp3) is 0.130. The van der Waals surface area contributed by atoms with Gasteiger partial charge in [-0.3, -0.25) is 0 Å². The summed E-state index contributed by atoms with van der Waals surface area (Å²) in [5, 5.41) is 0. The number of methoxy groups -OCH3 is 4. The largest absolute Gasteiger partial charge is 0.497 e. The van der Waals surface area contributed by atoms with Crippen LogP contribution in [0, 0.1) is 0 Å². The molecule has 0 amide bonds. The summed E-state index contributed by atoms with van der Waals surface area (Å²) in [6.45, 7) is 0. The second kappa shape index (κ2) is 16.1. The minimum Gasteiger partial charge on any atom is -0.497 e. The normalized spacial score (nSPS) is 11.3. The number of rotatable bonds is 13. The molecule has 0 aliphatic heterocycles. The minimum atomic E-state index is 0.0729. The van der Waals surface area contributed by atoms with E-state index in [1.165, 1.54) is 61.3 Å². The van der Waals surface area contributed by atoms with E-state index in [1.54, 1.807) is 28.4 Å². The molecule has 0 aliphatic rings. The van der Waals surface area contributed by atoms with Crippen LogP contribution in [0.3, 0.4) is 0 Å². The van der Waals surface area contributed by atoms with Gasteiger partial charge in [0.15, 0.2) is 0 Å². The maximum atomic E-state index is 5.47. The van der Waals surface area contributed by atoms with Crippen LogP contribution in [0.15, 0.2) is 146 Å². The van der Waals surface area contributed by atoms with Crippen molar-refractivity contribution in [3.8, 4) is 64.8 Å². The summed E-state index contributed by atoms with van der Waals surface area (Å²) in [5.74, 6) is 3.57. The second-order valence-corrected chi connectivity index (χ2v) is 17.1. The maximum absolute atomic E-state index is 5.47. The number of thiophene rings is 4. The SMILES string of the molecule is COc1ccc(-c2ccc(C(c3ccc(-c4ccc(OC)cc4)s3)C(c3ccc(-c4ccc(OC)cc4)s3)c3ccc(-c4ccc(OC)cc4)s3)s2)cc1. The zero-order chi connectivity index (χ0) is 37.0. The Morgan fingerprint density at radius 3 is 0.667 bits per heavy atom. The van der Waals surface area contributed by atoms with Crippen molar-refractivity contribution in [1.82, 2.24) is 0 Å². The Balaban J connectivity index is 1.27. The average molecular weight is 783 g/mol. The van der Waals surface area contributed by atoms with Crippen LogP contribution < -0.4 is 18.9 Å². The first-order valence-corrected chi connectivity index (χ1v) is 20.8. The van der Waals surface area contributed by atoms with E-state index in [0.29, 0.717) is 0 Å². The van der Waals surface area contributed by atoms with Crippen molar-refractivity contribution >= 4 is 45.3 Å². The summed E-state index contributed by atoms with van der Waals surface area (Å²) in [6.07, 6.45) is 0. The monoisotopic (exact) mass is 782 g/mol. The molecule has 0 saturated heterocycles. The summed E-state index contributed by atoms with van der Waals surface area (Å²) < 4.78 is 21.9. The van der Waals surface area contributed by atoms with Gasteiger partial charge in [0.25, 0.3) is 0 Å². The van der Waals surface area contributed by atoms with Gasteiger partial charge in [-0.2, -0.15) is 0 Å². The van der Waals surface area contributed by atoms with Crippen LogP contribution >= 0.6 is 45.3 Å². The molecule has 8 aromatic rings. The van der Waals surface area contributed by atoms with Crippen LogP contribution in [0.4, 0.5) is 0 Å². The van der Waals surface area contributed by atoms with Gasteiger partial charge in [0.05, 0.1) is 28.4 Å². The number of benzene rings is 4. The first kappa shape index (κ1) is 35.9. The van der Waals surface area contributed by atoms with Gasteiger partial charge < -0.3 is 18.9 Å². The molecule has 0 radical (unpaired) electrons. The van der Waals surface area contributed by atoms with Gasteiger partial charge in [-0.25, -0.2) is 0 Å². The molecule has 0 aliphatic carbocycles. The highest BCUT2D eigenvalue weighted by atomic mass is 32.1. The van der Waals surface area contributed by atoms with Crippen molar-refractivity contribution in [2.75, 3.05) is 28.4 Å². The lowest BCUT2D eigenvalue weighted by Gasteiger charge is -2.24. The molecule has 0 fully saturated rings. The van der Waals surface area contributed by atoms with Gasteiger partial charge in [0.1, 0.15) is 23.0 Å². The molecule has 8 heteroatoms. The Bertz CT molecular complexity index is 2090. The van der Waals surface area contributed by atoms with Crippen molar-refractivity contribution in [1.29, 1.82) is 0 Å². The molecular weight excluding hydrogens is 745 g/mol. The molecule has 0 spiro atoms. The highest BCUT2D eigenvalue weighted by Crippen LogP contribution is 2.53. The quantitative estimate of drug-likeness (QED) is 0.117.